The predicted octanol–water partition coefficient (Wildman–Crippen LogP) is 4.18. The minimum Gasteiger partial charge on any atom is -0.493 e. The third-order valence-electron chi connectivity index (χ3n) is 4.00. The molecule has 0 spiro atoms. The van der Waals surface area contributed by atoms with Gasteiger partial charge in [0, 0.05) is 13.1 Å². The van der Waals surface area contributed by atoms with E-state index >= 15 is 0 Å². The molecule has 0 aliphatic rings. The smallest absolute Gasteiger partial charge is 0.243 e. The van der Waals surface area contributed by atoms with E-state index in [2.05, 4.69) is 43.7 Å². The number of halogens is 2. The molecule has 0 aliphatic heterocycles. The first-order chi connectivity index (χ1) is 13.6. The summed E-state index contributed by atoms with van der Waals surface area (Å²) >= 11 is 3.54. The quantitative estimate of drug-likeness (QED) is 0.527. The maximum Gasteiger partial charge on any atom is 0.243 e. The van der Waals surface area contributed by atoms with Gasteiger partial charge in [0.2, 0.25) is 5.95 Å². The molecule has 1 aromatic heterocycles. The van der Waals surface area contributed by atoms with Crippen molar-refractivity contribution in [3.63, 3.8) is 0 Å². The number of nitrogens with zero attached hydrogens (tertiary/aromatic N) is 4. The first-order valence-corrected chi connectivity index (χ1v) is 9.63. The number of tetrazole rings is 1. The van der Waals surface area contributed by atoms with Crippen LogP contribution in [0.3, 0.4) is 0 Å². The molecule has 0 saturated heterocycles. The van der Waals surface area contributed by atoms with Crippen LogP contribution in [0.5, 0.6) is 11.5 Å². The molecule has 0 saturated carbocycles. The summed E-state index contributed by atoms with van der Waals surface area (Å²) in [4.78, 5) is 0. The van der Waals surface area contributed by atoms with Gasteiger partial charge >= 0.3 is 0 Å². The average molecular weight is 450 g/mol. The Balaban J connectivity index is 1.70. The van der Waals surface area contributed by atoms with Crippen LogP contribution in [0.4, 0.5) is 10.3 Å². The fourth-order valence-electron chi connectivity index (χ4n) is 2.63. The molecule has 7 nitrogen and oxygen atoms in total. The summed E-state index contributed by atoms with van der Waals surface area (Å²) < 4.78 is 26.9. The molecule has 28 heavy (non-hydrogen) atoms. The summed E-state index contributed by atoms with van der Waals surface area (Å²) in [5, 5.41) is 14.9. The second kappa shape index (κ2) is 9.50. The third kappa shape index (κ3) is 4.98. The minimum absolute atomic E-state index is 0.274. The molecular formula is C19H21BrFN5O2. The number of nitrogens with one attached hydrogen (secondary N) is 1. The Morgan fingerprint density at radius 3 is 2.68 bits per heavy atom. The van der Waals surface area contributed by atoms with Gasteiger partial charge in [0.25, 0.3) is 0 Å². The first kappa shape index (κ1) is 20.1. The van der Waals surface area contributed by atoms with Crippen LogP contribution in [-0.4, -0.2) is 27.3 Å². The van der Waals surface area contributed by atoms with Gasteiger partial charge < -0.3 is 14.8 Å². The van der Waals surface area contributed by atoms with Crippen LogP contribution in [0.15, 0.2) is 40.9 Å². The SMILES string of the molecule is CCCn1nnnc1NCc1cc(Br)c(OCc2ccc(F)cc2)c(OC)c1. The van der Waals surface area contributed by atoms with E-state index in [0.29, 0.717) is 30.6 Å². The number of benzene rings is 2. The van der Waals surface area contributed by atoms with Gasteiger partial charge in [0.1, 0.15) is 12.4 Å². The van der Waals surface area contributed by atoms with Crippen LogP contribution in [-0.2, 0) is 19.7 Å². The molecule has 0 bridgehead atoms. The normalized spacial score (nSPS) is 10.7. The molecule has 3 aromatic rings. The molecule has 0 unspecified atom stereocenters. The molecule has 0 radical (unpaired) electrons. The fourth-order valence-corrected chi connectivity index (χ4v) is 3.23. The third-order valence-corrected chi connectivity index (χ3v) is 4.59. The van der Waals surface area contributed by atoms with Gasteiger partial charge in [-0.2, -0.15) is 0 Å². The van der Waals surface area contributed by atoms with Crippen molar-refractivity contribution in [2.45, 2.75) is 33.0 Å². The number of ether oxygens (including phenoxy) is 2. The molecule has 0 atom stereocenters. The molecule has 3 rings (SSSR count). The highest BCUT2D eigenvalue weighted by molar-refractivity contribution is 9.10. The molecule has 2 aromatic carbocycles. The lowest BCUT2D eigenvalue weighted by Crippen LogP contribution is -2.09. The second-order valence-corrected chi connectivity index (χ2v) is 6.96. The summed E-state index contributed by atoms with van der Waals surface area (Å²) in [5.74, 6) is 1.53. The standard InChI is InChI=1S/C19H21BrFN5O2/c1-3-8-26-19(23-24-25-26)22-11-14-9-16(20)18(17(10-14)27-2)28-12-13-4-6-15(21)7-5-13/h4-7,9-10H,3,8,11-12H2,1-2H3,(H,22,23,25). The number of anilines is 1. The van der Waals surface area contributed by atoms with Crippen molar-refractivity contribution in [3.8, 4) is 11.5 Å². The molecule has 0 aliphatic carbocycles. The highest BCUT2D eigenvalue weighted by Crippen LogP contribution is 2.37. The molecule has 0 fully saturated rings. The van der Waals surface area contributed by atoms with E-state index in [1.807, 2.05) is 12.1 Å². The molecule has 1 N–H and O–H groups in total. The Bertz CT molecular complexity index is 917. The highest BCUT2D eigenvalue weighted by atomic mass is 79.9. The number of aromatic nitrogens is 4. The topological polar surface area (TPSA) is 74.1 Å². The van der Waals surface area contributed by atoms with Gasteiger partial charge in [-0.1, -0.05) is 24.2 Å². The van der Waals surface area contributed by atoms with Crippen molar-refractivity contribution in [1.29, 1.82) is 0 Å². The largest absolute Gasteiger partial charge is 0.493 e. The van der Waals surface area contributed by atoms with E-state index in [-0.39, 0.29) is 5.82 Å². The van der Waals surface area contributed by atoms with Crippen molar-refractivity contribution in [3.05, 3.63) is 57.8 Å². The zero-order chi connectivity index (χ0) is 19.9. The van der Waals surface area contributed by atoms with Gasteiger partial charge in [0.15, 0.2) is 11.5 Å². The van der Waals surface area contributed by atoms with E-state index in [1.54, 1.807) is 23.9 Å². The lowest BCUT2D eigenvalue weighted by Gasteiger charge is -2.15. The average Bonchev–Trinajstić information content (AvgIpc) is 3.14. The van der Waals surface area contributed by atoms with Crippen LogP contribution in [0.2, 0.25) is 0 Å². The summed E-state index contributed by atoms with van der Waals surface area (Å²) in [6, 6.07) is 10.0. The van der Waals surface area contributed by atoms with Gasteiger partial charge in [-0.05, 0) is 68.2 Å². The number of hydrogen-bond acceptors (Lipinski definition) is 6. The summed E-state index contributed by atoms with van der Waals surface area (Å²) in [6.45, 7) is 3.65. The van der Waals surface area contributed by atoms with Gasteiger partial charge in [-0.3, -0.25) is 0 Å². The van der Waals surface area contributed by atoms with E-state index in [9.17, 15) is 4.39 Å². The van der Waals surface area contributed by atoms with Gasteiger partial charge in [0.05, 0.1) is 11.6 Å². The summed E-state index contributed by atoms with van der Waals surface area (Å²) in [6.07, 6.45) is 0.944. The lowest BCUT2D eigenvalue weighted by atomic mass is 10.2. The van der Waals surface area contributed by atoms with Crippen LogP contribution in [0.25, 0.3) is 0 Å². The van der Waals surface area contributed by atoms with E-state index in [4.69, 9.17) is 9.47 Å². The highest BCUT2D eigenvalue weighted by Gasteiger charge is 2.13. The maximum absolute atomic E-state index is 13.0. The van der Waals surface area contributed by atoms with Crippen molar-refractivity contribution < 1.29 is 13.9 Å². The minimum atomic E-state index is -0.274. The number of aryl methyl sites for hydroxylation is 1. The lowest BCUT2D eigenvalue weighted by molar-refractivity contribution is 0.282. The Kier molecular flexibility index (Phi) is 6.80. The Hall–Kier alpha value is -2.68. The van der Waals surface area contributed by atoms with E-state index in [0.717, 1.165) is 28.6 Å². The van der Waals surface area contributed by atoms with E-state index < -0.39 is 0 Å². The zero-order valence-corrected chi connectivity index (χ0v) is 17.2. The number of rotatable bonds is 9. The van der Waals surface area contributed by atoms with Crippen LogP contribution in [0.1, 0.15) is 24.5 Å². The Labute approximate surface area is 171 Å². The Morgan fingerprint density at radius 1 is 1.18 bits per heavy atom. The van der Waals surface area contributed by atoms with Crippen LogP contribution >= 0.6 is 15.9 Å². The fraction of sp³-hybridized carbons (Fsp3) is 0.316. The van der Waals surface area contributed by atoms with Crippen molar-refractivity contribution in [2.75, 3.05) is 12.4 Å². The summed E-state index contributed by atoms with van der Waals surface area (Å²) in [5.41, 5.74) is 1.84. The second-order valence-electron chi connectivity index (χ2n) is 6.10. The maximum atomic E-state index is 13.0. The van der Waals surface area contributed by atoms with Crippen LogP contribution < -0.4 is 14.8 Å². The van der Waals surface area contributed by atoms with Gasteiger partial charge in [-0.25, -0.2) is 9.07 Å². The van der Waals surface area contributed by atoms with Crippen molar-refractivity contribution >= 4 is 21.9 Å². The van der Waals surface area contributed by atoms with Crippen LogP contribution in [0, 0.1) is 5.82 Å². The number of methoxy groups -OCH3 is 1. The molecular weight excluding hydrogens is 429 g/mol. The molecule has 1 heterocycles. The summed E-state index contributed by atoms with van der Waals surface area (Å²) in [7, 11) is 1.59. The van der Waals surface area contributed by atoms with Crippen molar-refractivity contribution in [2.24, 2.45) is 0 Å². The monoisotopic (exact) mass is 449 g/mol. The van der Waals surface area contributed by atoms with Crippen molar-refractivity contribution in [1.82, 2.24) is 20.2 Å². The first-order valence-electron chi connectivity index (χ1n) is 8.84. The molecule has 148 valence electrons. The number of hydrogen-bond donors (Lipinski definition) is 1. The van der Waals surface area contributed by atoms with Gasteiger partial charge in [-0.15, -0.1) is 0 Å². The Morgan fingerprint density at radius 2 is 1.96 bits per heavy atom. The molecule has 9 heteroatoms. The predicted molar refractivity (Wildman–Crippen MR) is 107 cm³/mol. The van der Waals surface area contributed by atoms with E-state index in [1.165, 1.54) is 12.1 Å². The zero-order valence-electron chi connectivity index (χ0n) is 15.7. The molecule has 0 amide bonds.